The Balaban J connectivity index is 2.08. The van der Waals surface area contributed by atoms with Gasteiger partial charge in [0, 0.05) is 5.41 Å². The summed E-state index contributed by atoms with van der Waals surface area (Å²) in [5.41, 5.74) is 0.341. The second-order valence-corrected chi connectivity index (χ2v) is 7.67. The molecule has 1 N–H and O–H groups in total. The van der Waals surface area contributed by atoms with E-state index in [1.54, 1.807) is 0 Å². The maximum Gasteiger partial charge on any atom is 0.0678 e. The van der Waals surface area contributed by atoms with E-state index >= 15 is 0 Å². The number of aliphatic hydroxyl groups is 1. The van der Waals surface area contributed by atoms with Crippen LogP contribution in [-0.2, 0) is 0 Å². The predicted molar refractivity (Wildman–Crippen MR) is 66.1 cm³/mol. The quantitative estimate of drug-likeness (QED) is 0.664. The minimum absolute atomic E-state index is 0.272. The fourth-order valence-electron chi connectivity index (χ4n) is 5.85. The lowest BCUT2D eigenvalue weighted by molar-refractivity contribution is -0.0764. The minimum Gasteiger partial charge on any atom is -0.390 e. The number of fused-ring (bicyclic) bond motifs is 1. The third-order valence-electron chi connectivity index (χ3n) is 6.83. The van der Waals surface area contributed by atoms with E-state index < -0.39 is 0 Å². The molecule has 1 heteroatoms. The summed E-state index contributed by atoms with van der Waals surface area (Å²) in [5.74, 6) is 2.48. The molecule has 3 saturated carbocycles. The van der Waals surface area contributed by atoms with Crippen molar-refractivity contribution in [3.63, 3.8) is 0 Å². The van der Waals surface area contributed by atoms with Crippen LogP contribution in [0.2, 0.25) is 0 Å². The van der Waals surface area contributed by atoms with E-state index in [1.807, 2.05) is 0 Å². The van der Waals surface area contributed by atoms with Gasteiger partial charge in [0.1, 0.15) is 0 Å². The third kappa shape index (κ3) is 1.02. The molecule has 0 radical (unpaired) electrons. The second kappa shape index (κ2) is 2.85. The molecule has 0 unspecified atom stereocenters. The molecular formula is C15H26O. The summed E-state index contributed by atoms with van der Waals surface area (Å²) in [6.07, 6.45) is 6.18. The van der Waals surface area contributed by atoms with Crippen molar-refractivity contribution in [3.05, 3.63) is 0 Å². The van der Waals surface area contributed by atoms with Crippen molar-refractivity contribution in [2.75, 3.05) is 0 Å². The molecule has 3 rings (SSSR count). The lowest BCUT2D eigenvalue weighted by Crippen LogP contribution is -2.44. The van der Waals surface area contributed by atoms with Crippen molar-refractivity contribution >= 4 is 0 Å². The Kier molecular flexibility index (Phi) is 1.98. The first-order valence-electron chi connectivity index (χ1n) is 7.04. The van der Waals surface area contributed by atoms with Gasteiger partial charge in [-0.2, -0.15) is 0 Å². The molecule has 2 bridgehead atoms. The number of hydrogen-bond acceptors (Lipinski definition) is 1. The summed E-state index contributed by atoms with van der Waals surface area (Å²) >= 11 is 0. The molecule has 0 heterocycles. The Hall–Kier alpha value is -0.0400. The van der Waals surface area contributed by atoms with Gasteiger partial charge in [0.25, 0.3) is 0 Å². The van der Waals surface area contributed by atoms with Crippen molar-refractivity contribution in [2.24, 2.45) is 28.6 Å². The largest absolute Gasteiger partial charge is 0.390 e. The summed E-state index contributed by atoms with van der Waals surface area (Å²) < 4.78 is 0. The van der Waals surface area contributed by atoms with Crippen LogP contribution in [0.25, 0.3) is 0 Å². The first-order valence-corrected chi connectivity index (χ1v) is 7.04. The predicted octanol–water partition coefficient (Wildman–Crippen LogP) is 3.61. The van der Waals surface area contributed by atoms with Crippen LogP contribution >= 0.6 is 0 Å². The zero-order valence-corrected chi connectivity index (χ0v) is 11.2. The number of rotatable bonds is 0. The van der Waals surface area contributed by atoms with Gasteiger partial charge in [0.15, 0.2) is 0 Å². The first kappa shape index (κ1) is 11.1. The van der Waals surface area contributed by atoms with Gasteiger partial charge in [-0.25, -0.2) is 0 Å². The van der Waals surface area contributed by atoms with Crippen LogP contribution in [0, 0.1) is 28.6 Å². The lowest BCUT2D eigenvalue weighted by Gasteiger charge is -2.44. The average Bonchev–Trinajstić information content (AvgIpc) is 2.53. The highest BCUT2D eigenvalue weighted by molar-refractivity contribution is 5.18. The fourth-order valence-corrected chi connectivity index (χ4v) is 5.85. The third-order valence-corrected chi connectivity index (χ3v) is 6.83. The molecule has 0 saturated heterocycles. The van der Waals surface area contributed by atoms with Crippen LogP contribution in [0.15, 0.2) is 0 Å². The molecule has 1 nitrogen and oxygen atoms in total. The van der Waals surface area contributed by atoms with Gasteiger partial charge in [-0.05, 0) is 62.2 Å². The first-order chi connectivity index (χ1) is 7.31. The summed E-state index contributed by atoms with van der Waals surface area (Å²) in [6, 6.07) is 0. The highest BCUT2D eigenvalue weighted by Gasteiger charge is 2.69. The van der Waals surface area contributed by atoms with Gasteiger partial charge in [-0.1, -0.05) is 20.8 Å². The molecule has 3 fully saturated rings. The molecule has 0 amide bonds. The Bertz CT molecular complexity index is 317. The van der Waals surface area contributed by atoms with Crippen molar-refractivity contribution in [1.82, 2.24) is 0 Å². The smallest absolute Gasteiger partial charge is 0.0678 e. The Morgan fingerprint density at radius 3 is 2.44 bits per heavy atom. The maximum atomic E-state index is 10.8. The maximum absolute atomic E-state index is 10.8. The SMILES string of the molecule is C[C@@H]1CC[C@]23C[C@@H]1C(C)(C)[C@@H]2CC[C@@]3(C)O. The van der Waals surface area contributed by atoms with Gasteiger partial charge in [-0.15, -0.1) is 0 Å². The van der Waals surface area contributed by atoms with E-state index in [4.69, 9.17) is 0 Å². The average molecular weight is 222 g/mol. The van der Waals surface area contributed by atoms with Crippen LogP contribution < -0.4 is 0 Å². The Labute approximate surface area is 99.6 Å². The molecule has 0 aromatic rings. The summed E-state index contributed by atoms with van der Waals surface area (Å²) in [7, 11) is 0. The van der Waals surface area contributed by atoms with Crippen molar-refractivity contribution in [2.45, 2.75) is 65.4 Å². The fraction of sp³-hybridized carbons (Fsp3) is 1.00. The van der Waals surface area contributed by atoms with Crippen LogP contribution in [-0.4, -0.2) is 10.7 Å². The van der Waals surface area contributed by atoms with Crippen molar-refractivity contribution in [3.8, 4) is 0 Å². The molecule has 5 atom stereocenters. The second-order valence-electron chi connectivity index (χ2n) is 7.67. The summed E-state index contributed by atoms with van der Waals surface area (Å²) in [6.45, 7) is 9.47. The van der Waals surface area contributed by atoms with Gasteiger partial charge in [0.05, 0.1) is 5.60 Å². The van der Waals surface area contributed by atoms with Gasteiger partial charge < -0.3 is 5.11 Å². The van der Waals surface area contributed by atoms with Gasteiger partial charge in [0.2, 0.25) is 0 Å². The van der Waals surface area contributed by atoms with E-state index in [2.05, 4.69) is 27.7 Å². The standard InChI is InChI=1S/C15H26O/c1-10-5-8-15-9-11(10)13(2,3)12(15)6-7-14(15,4)16/h10-12,16H,5-9H2,1-4H3/t10-,11+,12+,14-,15+/m1/s1. The molecule has 1 spiro atoms. The normalized spacial score (nSPS) is 58.7. The van der Waals surface area contributed by atoms with E-state index in [0.29, 0.717) is 5.41 Å². The van der Waals surface area contributed by atoms with Crippen molar-refractivity contribution < 1.29 is 5.11 Å². The van der Waals surface area contributed by atoms with Crippen LogP contribution in [0.5, 0.6) is 0 Å². The molecule has 0 aromatic carbocycles. The van der Waals surface area contributed by atoms with E-state index in [-0.39, 0.29) is 11.0 Å². The van der Waals surface area contributed by atoms with E-state index in [1.165, 1.54) is 25.7 Å². The molecule has 16 heavy (non-hydrogen) atoms. The van der Waals surface area contributed by atoms with Crippen LogP contribution in [0.4, 0.5) is 0 Å². The molecule has 3 aliphatic carbocycles. The summed E-state index contributed by atoms with van der Waals surface area (Å²) in [5, 5.41) is 10.8. The van der Waals surface area contributed by atoms with Crippen LogP contribution in [0.1, 0.15) is 59.8 Å². The van der Waals surface area contributed by atoms with Crippen LogP contribution in [0.3, 0.4) is 0 Å². The van der Waals surface area contributed by atoms with Gasteiger partial charge in [-0.3, -0.25) is 0 Å². The van der Waals surface area contributed by atoms with E-state index in [9.17, 15) is 5.11 Å². The minimum atomic E-state index is -0.385. The van der Waals surface area contributed by atoms with Crippen molar-refractivity contribution in [1.29, 1.82) is 0 Å². The molecular weight excluding hydrogens is 196 g/mol. The Morgan fingerprint density at radius 2 is 1.75 bits per heavy atom. The molecule has 0 aliphatic heterocycles. The topological polar surface area (TPSA) is 20.2 Å². The van der Waals surface area contributed by atoms with E-state index in [0.717, 1.165) is 24.2 Å². The summed E-state index contributed by atoms with van der Waals surface area (Å²) in [4.78, 5) is 0. The molecule has 0 aromatic heterocycles. The lowest BCUT2D eigenvalue weighted by atomic mass is 9.64. The molecule has 92 valence electrons. The highest BCUT2D eigenvalue weighted by atomic mass is 16.3. The Morgan fingerprint density at radius 1 is 1.06 bits per heavy atom. The zero-order valence-electron chi connectivity index (χ0n) is 11.2. The number of hydrogen-bond donors (Lipinski definition) is 1. The molecule has 3 aliphatic rings. The van der Waals surface area contributed by atoms with Gasteiger partial charge >= 0.3 is 0 Å². The highest BCUT2D eigenvalue weighted by Crippen LogP contribution is 2.73. The zero-order chi connectivity index (χ0) is 11.8. The monoisotopic (exact) mass is 222 g/mol.